The minimum Gasteiger partial charge on any atom is -0.406 e. The van der Waals surface area contributed by atoms with E-state index in [0.717, 1.165) is 31.5 Å². The standard InChI is InChI=1S/C13H17F3N2O/c14-13(15,16)19-11-3-1-9(2-4-11)12(17)10-5-7-18-8-6-10/h1-4,10,12,18H,5-8,17H2/t12-/m0/s1. The molecule has 0 saturated carbocycles. The fourth-order valence-corrected chi connectivity index (χ4v) is 2.37. The molecule has 2 rings (SSSR count). The SMILES string of the molecule is N[C@@H](c1ccc(OC(F)(F)F)cc1)C1CCNCC1. The number of halogens is 3. The van der Waals surface area contributed by atoms with Crippen molar-refractivity contribution in [3.05, 3.63) is 29.8 Å². The van der Waals surface area contributed by atoms with Gasteiger partial charge >= 0.3 is 6.36 Å². The lowest BCUT2D eigenvalue weighted by Crippen LogP contribution is -2.33. The van der Waals surface area contributed by atoms with Crippen molar-refractivity contribution in [1.29, 1.82) is 0 Å². The zero-order valence-electron chi connectivity index (χ0n) is 10.4. The molecule has 1 saturated heterocycles. The zero-order valence-corrected chi connectivity index (χ0v) is 10.4. The largest absolute Gasteiger partial charge is 0.573 e. The van der Waals surface area contributed by atoms with Gasteiger partial charge in [-0.25, -0.2) is 0 Å². The summed E-state index contributed by atoms with van der Waals surface area (Å²) in [6.45, 7) is 1.88. The lowest BCUT2D eigenvalue weighted by Gasteiger charge is -2.28. The maximum Gasteiger partial charge on any atom is 0.573 e. The Morgan fingerprint density at radius 1 is 1.16 bits per heavy atom. The number of rotatable bonds is 3. The van der Waals surface area contributed by atoms with Crippen molar-refractivity contribution in [2.45, 2.75) is 25.2 Å². The number of hydrogen-bond donors (Lipinski definition) is 2. The minimum atomic E-state index is -4.65. The summed E-state index contributed by atoms with van der Waals surface area (Å²) in [6.07, 6.45) is -2.68. The Morgan fingerprint density at radius 3 is 2.26 bits per heavy atom. The van der Waals surface area contributed by atoms with E-state index < -0.39 is 6.36 Å². The molecular formula is C13H17F3N2O. The predicted molar refractivity (Wildman–Crippen MR) is 65.6 cm³/mol. The normalized spacial score (nSPS) is 19.2. The number of alkyl halides is 3. The van der Waals surface area contributed by atoms with Gasteiger partial charge in [0.1, 0.15) is 5.75 Å². The van der Waals surface area contributed by atoms with Gasteiger partial charge in [0.2, 0.25) is 0 Å². The molecule has 6 heteroatoms. The van der Waals surface area contributed by atoms with Crippen LogP contribution in [0.3, 0.4) is 0 Å². The van der Waals surface area contributed by atoms with E-state index in [1.807, 2.05) is 0 Å². The van der Waals surface area contributed by atoms with E-state index in [1.54, 1.807) is 12.1 Å². The maximum absolute atomic E-state index is 12.0. The van der Waals surface area contributed by atoms with Crippen molar-refractivity contribution in [2.24, 2.45) is 11.7 Å². The van der Waals surface area contributed by atoms with Gasteiger partial charge in [0.15, 0.2) is 0 Å². The van der Waals surface area contributed by atoms with E-state index in [-0.39, 0.29) is 11.8 Å². The Hall–Kier alpha value is -1.27. The van der Waals surface area contributed by atoms with E-state index in [2.05, 4.69) is 10.1 Å². The van der Waals surface area contributed by atoms with Crippen LogP contribution in [0.5, 0.6) is 5.75 Å². The zero-order chi connectivity index (χ0) is 13.9. The molecule has 19 heavy (non-hydrogen) atoms. The molecule has 3 nitrogen and oxygen atoms in total. The number of nitrogens with two attached hydrogens (primary N) is 1. The molecule has 0 radical (unpaired) electrons. The fourth-order valence-electron chi connectivity index (χ4n) is 2.37. The average Bonchev–Trinajstić information content (AvgIpc) is 2.38. The van der Waals surface area contributed by atoms with Crippen LogP contribution in [-0.2, 0) is 0 Å². The lowest BCUT2D eigenvalue weighted by atomic mass is 9.86. The lowest BCUT2D eigenvalue weighted by molar-refractivity contribution is -0.274. The Bertz CT molecular complexity index is 399. The highest BCUT2D eigenvalue weighted by molar-refractivity contribution is 5.29. The summed E-state index contributed by atoms with van der Waals surface area (Å²) in [5.41, 5.74) is 7.00. The predicted octanol–water partition coefficient (Wildman–Crippen LogP) is 2.58. The molecule has 106 valence electrons. The minimum absolute atomic E-state index is 0.137. The second-order valence-corrected chi connectivity index (χ2v) is 4.73. The summed E-state index contributed by atoms with van der Waals surface area (Å²) in [4.78, 5) is 0. The molecule has 0 aliphatic carbocycles. The quantitative estimate of drug-likeness (QED) is 0.890. The molecule has 0 bridgehead atoms. The van der Waals surface area contributed by atoms with Crippen molar-refractivity contribution >= 4 is 0 Å². The van der Waals surface area contributed by atoms with Gasteiger partial charge in [-0.05, 0) is 49.5 Å². The summed E-state index contributed by atoms with van der Waals surface area (Å²) in [7, 11) is 0. The summed E-state index contributed by atoms with van der Waals surface area (Å²) < 4.78 is 39.9. The van der Waals surface area contributed by atoms with Crippen LogP contribution in [0.2, 0.25) is 0 Å². The number of hydrogen-bond acceptors (Lipinski definition) is 3. The van der Waals surface area contributed by atoms with Gasteiger partial charge in [-0.1, -0.05) is 12.1 Å². The Kier molecular flexibility index (Phi) is 4.31. The summed E-state index contributed by atoms with van der Waals surface area (Å²) in [5.74, 6) is 0.157. The van der Waals surface area contributed by atoms with Gasteiger partial charge in [-0.15, -0.1) is 13.2 Å². The van der Waals surface area contributed by atoms with E-state index in [9.17, 15) is 13.2 Å². The van der Waals surface area contributed by atoms with Gasteiger partial charge in [0, 0.05) is 6.04 Å². The molecule has 1 fully saturated rings. The number of nitrogens with one attached hydrogen (secondary N) is 1. The molecular weight excluding hydrogens is 257 g/mol. The first-order valence-electron chi connectivity index (χ1n) is 6.28. The smallest absolute Gasteiger partial charge is 0.406 e. The molecule has 0 spiro atoms. The third-order valence-corrected chi connectivity index (χ3v) is 3.39. The number of ether oxygens (including phenoxy) is 1. The van der Waals surface area contributed by atoms with Crippen LogP contribution in [0.15, 0.2) is 24.3 Å². The van der Waals surface area contributed by atoms with Gasteiger partial charge in [0.25, 0.3) is 0 Å². The molecule has 0 aromatic heterocycles. The van der Waals surface area contributed by atoms with Gasteiger partial charge in [0.05, 0.1) is 0 Å². The topological polar surface area (TPSA) is 47.3 Å². The number of piperidine rings is 1. The van der Waals surface area contributed by atoms with Crippen molar-refractivity contribution < 1.29 is 17.9 Å². The highest BCUT2D eigenvalue weighted by Crippen LogP contribution is 2.29. The van der Waals surface area contributed by atoms with Crippen LogP contribution < -0.4 is 15.8 Å². The second kappa shape index (κ2) is 5.79. The second-order valence-electron chi connectivity index (χ2n) is 4.73. The maximum atomic E-state index is 12.0. The first kappa shape index (κ1) is 14.1. The first-order valence-corrected chi connectivity index (χ1v) is 6.28. The highest BCUT2D eigenvalue weighted by atomic mass is 19.4. The third kappa shape index (κ3) is 4.11. The van der Waals surface area contributed by atoms with Crippen LogP contribution in [0.1, 0.15) is 24.4 Å². The molecule has 0 amide bonds. The number of benzene rings is 1. The van der Waals surface area contributed by atoms with Gasteiger partial charge in [-0.3, -0.25) is 0 Å². The van der Waals surface area contributed by atoms with E-state index in [0.29, 0.717) is 5.92 Å². The Balaban J connectivity index is 2.01. The summed E-state index contributed by atoms with van der Waals surface area (Å²) in [6, 6.07) is 5.69. The summed E-state index contributed by atoms with van der Waals surface area (Å²) in [5, 5.41) is 3.26. The van der Waals surface area contributed by atoms with Gasteiger partial charge in [-0.2, -0.15) is 0 Å². The fraction of sp³-hybridized carbons (Fsp3) is 0.538. The molecule has 1 aromatic rings. The molecule has 1 heterocycles. The van der Waals surface area contributed by atoms with Crippen LogP contribution in [-0.4, -0.2) is 19.5 Å². The van der Waals surface area contributed by atoms with Crippen LogP contribution in [0.4, 0.5) is 13.2 Å². The molecule has 3 N–H and O–H groups in total. The van der Waals surface area contributed by atoms with Gasteiger partial charge < -0.3 is 15.8 Å². The Labute approximate surface area is 109 Å². The highest BCUT2D eigenvalue weighted by Gasteiger charge is 2.31. The molecule has 1 atom stereocenters. The molecule has 1 aliphatic heterocycles. The third-order valence-electron chi connectivity index (χ3n) is 3.39. The molecule has 1 aliphatic rings. The van der Waals surface area contributed by atoms with Crippen molar-refractivity contribution in [2.75, 3.05) is 13.1 Å². The monoisotopic (exact) mass is 274 g/mol. The van der Waals surface area contributed by atoms with Crippen molar-refractivity contribution in [3.8, 4) is 5.75 Å². The van der Waals surface area contributed by atoms with E-state index in [4.69, 9.17) is 5.73 Å². The van der Waals surface area contributed by atoms with Crippen LogP contribution >= 0.6 is 0 Å². The molecule has 1 aromatic carbocycles. The molecule has 0 unspecified atom stereocenters. The van der Waals surface area contributed by atoms with Crippen molar-refractivity contribution in [3.63, 3.8) is 0 Å². The average molecular weight is 274 g/mol. The van der Waals surface area contributed by atoms with Crippen molar-refractivity contribution in [1.82, 2.24) is 5.32 Å². The Morgan fingerprint density at radius 2 is 1.74 bits per heavy atom. The van der Waals surface area contributed by atoms with E-state index in [1.165, 1.54) is 12.1 Å². The van der Waals surface area contributed by atoms with E-state index >= 15 is 0 Å². The van der Waals surface area contributed by atoms with Crippen LogP contribution in [0, 0.1) is 5.92 Å². The first-order chi connectivity index (χ1) is 8.96. The summed E-state index contributed by atoms with van der Waals surface area (Å²) >= 11 is 0. The van der Waals surface area contributed by atoms with Crippen LogP contribution in [0.25, 0.3) is 0 Å².